The molecule has 0 spiro atoms. The zero-order valence-corrected chi connectivity index (χ0v) is 9.72. The first-order chi connectivity index (χ1) is 7.50. The van der Waals surface area contributed by atoms with Crippen molar-refractivity contribution in [2.45, 2.75) is 18.9 Å². The summed E-state index contributed by atoms with van der Waals surface area (Å²) < 4.78 is 0. The van der Waals surface area contributed by atoms with Gasteiger partial charge in [0.15, 0.2) is 0 Å². The maximum absolute atomic E-state index is 11.9. The van der Waals surface area contributed by atoms with Crippen molar-refractivity contribution in [2.75, 3.05) is 27.2 Å². The van der Waals surface area contributed by atoms with Crippen LogP contribution in [0.1, 0.15) is 12.8 Å². The lowest BCUT2D eigenvalue weighted by Gasteiger charge is -2.20. The van der Waals surface area contributed by atoms with E-state index in [2.05, 4.69) is 4.90 Å². The van der Waals surface area contributed by atoms with Crippen LogP contribution in [0.5, 0.6) is 0 Å². The van der Waals surface area contributed by atoms with Gasteiger partial charge in [0.05, 0.1) is 11.8 Å². The fourth-order valence-electron chi connectivity index (χ4n) is 2.34. The minimum atomic E-state index is -0.832. The third-order valence-electron chi connectivity index (χ3n) is 3.63. The maximum Gasteiger partial charge on any atom is 0.307 e. The number of hydrogen-bond donors (Lipinski definition) is 1. The van der Waals surface area contributed by atoms with Gasteiger partial charge in [-0.1, -0.05) is 0 Å². The average molecular weight is 226 g/mol. The second kappa shape index (κ2) is 4.05. The van der Waals surface area contributed by atoms with Crippen LogP contribution in [0.3, 0.4) is 0 Å². The third-order valence-corrected chi connectivity index (χ3v) is 3.63. The number of aliphatic carboxylic acids is 1. The Balaban J connectivity index is 1.87. The number of carbonyl (C=O) groups excluding carboxylic acids is 1. The van der Waals surface area contributed by atoms with Gasteiger partial charge in [0, 0.05) is 19.1 Å². The summed E-state index contributed by atoms with van der Waals surface area (Å²) >= 11 is 0. The lowest BCUT2D eigenvalue weighted by atomic mass is 10.2. The molecule has 1 saturated carbocycles. The molecule has 5 nitrogen and oxygen atoms in total. The molecule has 2 aliphatic rings. The monoisotopic (exact) mass is 226 g/mol. The molecule has 1 amide bonds. The lowest BCUT2D eigenvalue weighted by molar-refractivity contribution is -0.141. The summed E-state index contributed by atoms with van der Waals surface area (Å²) in [6.45, 7) is 1.51. The van der Waals surface area contributed by atoms with Crippen LogP contribution in [-0.2, 0) is 9.59 Å². The molecule has 0 aromatic carbocycles. The van der Waals surface area contributed by atoms with Gasteiger partial charge >= 0.3 is 5.97 Å². The zero-order chi connectivity index (χ0) is 11.9. The lowest BCUT2D eigenvalue weighted by Crippen LogP contribution is -2.35. The van der Waals surface area contributed by atoms with Crippen molar-refractivity contribution < 1.29 is 14.7 Å². The summed E-state index contributed by atoms with van der Waals surface area (Å²) in [6, 6.07) is 0.422. The normalized spacial score (nSPS) is 33.2. The Labute approximate surface area is 95.0 Å². The highest BCUT2D eigenvalue weighted by Gasteiger charge is 2.50. The van der Waals surface area contributed by atoms with E-state index in [-0.39, 0.29) is 11.8 Å². The van der Waals surface area contributed by atoms with Crippen LogP contribution in [-0.4, -0.2) is 60.0 Å². The van der Waals surface area contributed by atoms with Crippen molar-refractivity contribution in [3.05, 3.63) is 0 Å². The molecule has 16 heavy (non-hydrogen) atoms. The molecule has 0 aromatic rings. The minimum absolute atomic E-state index is 0.0387. The van der Waals surface area contributed by atoms with Gasteiger partial charge in [0.25, 0.3) is 0 Å². The second-order valence-electron chi connectivity index (χ2n) is 4.98. The highest BCUT2D eigenvalue weighted by molar-refractivity contribution is 5.89. The number of likely N-dealkylation sites (tertiary alicyclic amines) is 1. The van der Waals surface area contributed by atoms with E-state index in [4.69, 9.17) is 5.11 Å². The molecule has 0 radical (unpaired) electrons. The van der Waals surface area contributed by atoms with Gasteiger partial charge in [0.1, 0.15) is 0 Å². The highest BCUT2D eigenvalue weighted by atomic mass is 16.4. The summed E-state index contributed by atoms with van der Waals surface area (Å²) in [5.41, 5.74) is 0. The first kappa shape index (κ1) is 11.4. The van der Waals surface area contributed by atoms with Gasteiger partial charge in [-0.3, -0.25) is 9.59 Å². The predicted molar refractivity (Wildman–Crippen MR) is 57.9 cm³/mol. The molecule has 5 heteroatoms. The van der Waals surface area contributed by atoms with Crippen molar-refractivity contribution in [1.29, 1.82) is 0 Å². The summed E-state index contributed by atoms with van der Waals surface area (Å²) in [5, 5.41) is 8.78. The molecule has 1 saturated heterocycles. The van der Waals surface area contributed by atoms with Crippen LogP contribution < -0.4 is 0 Å². The molecule has 1 aliphatic heterocycles. The quantitative estimate of drug-likeness (QED) is 0.728. The van der Waals surface area contributed by atoms with Crippen molar-refractivity contribution in [2.24, 2.45) is 11.8 Å². The summed E-state index contributed by atoms with van der Waals surface area (Å²) in [5.74, 6) is -1.47. The van der Waals surface area contributed by atoms with Crippen molar-refractivity contribution in [1.82, 2.24) is 9.80 Å². The van der Waals surface area contributed by atoms with Gasteiger partial charge in [-0.05, 0) is 26.9 Å². The van der Waals surface area contributed by atoms with Crippen molar-refractivity contribution in [3.8, 4) is 0 Å². The van der Waals surface area contributed by atoms with Crippen LogP contribution in [0.2, 0.25) is 0 Å². The van der Waals surface area contributed by atoms with E-state index < -0.39 is 11.9 Å². The molecule has 2 rings (SSSR count). The number of nitrogens with zero attached hydrogens (tertiary/aromatic N) is 2. The average Bonchev–Trinajstić information content (AvgIpc) is 2.86. The predicted octanol–water partition coefficient (Wildman–Crippen LogP) is -0.130. The van der Waals surface area contributed by atoms with E-state index in [9.17, 15) is 9.59 Å². The number of rotatable bonds is 3. The largest absolute Gasteiger partial charge is 0.481 e. The summed E-state index contributed by atoms with van der Waals surface area (Å²) in [6.07, 6.45) is 1.51. The van der Waals surface area contributed by atoms with Gasteiger partial charge in [0.2, 0.25) is 5.91 Å². The number of amides is 1. The molecule has 3 atom stereocenters. The SMILES string of the molecule is CN(C)C1CCN(C(=O)[C@@H]2C[C@@H]2C(=O)O)C1. The maximum atomic E-state index is 11.9. The van der Waals surface area contributed by atoms with Crippen LogP contribution in [0.4, 0.5) is 0 Å². The Morgan fingerprint density at radius 3 is 2.44 bits per heavy atom. The fraction of sp³-hybridized carbons (Fsp3) is 0.818. The number of carboxylic acid groups (broad SMARTS) is 1. The fourth-order valence-corrected chi connectivity index (χ4v) is 2.34. The molecule has 1 aliphatic carbocycles. The first-order valence-electron chi connectivity index (χ1n) is 5.68. The van der Waals surface area contributed by atoms with Crippen molar-refractivity contribution in [3.63, 3.8) is 0 Å². The summed E-state index contributed by atoms with van der Waals surface area (Å²) in [4.78, 5) is 26.6. The molecule has 0 aromatic heterocycles. The van der Waals surface area contributed by atoms with E-state index in [1.165, 1.54) is 0 Å². The van der Waals surface area contributed by atoms with Crippen molar-refractivity contribution >= 4 is 11.9 Å². The Morgan fingerprint density at radius 2 is 2.00 bits per heavy atom. The standard InChI is InChI=1S/C11H18N2O3/c1-12(2)7-3-4-13(6-7)10(14)8-5-9(8)11(15)16/h7-9H,3-6H2,1-2H3,(H,15,16)/t7?,8-,9+/m1/s1. The van der Waals surface area contributed by atoms with Crippen LogP contribution in [0, 0.1) is 11.8 Å². The first-order valence-corrected chi connectivity index (χ1v) is 5.68. The molecule has 1 heterocycles. The topological polar surface area (TPSA) is 60.9 Å². The van der Waals surface area contributed by atoms with Crippen LogP contribution in [0.15, 0.2) is 0 Å². The smallest absolute Gasteiger partial charge is 0.307 e. The van der Waals surface area contributed by atoms with Gasteiger partial charge < -0.3 is 14.9 Å². The number of carboxylic acids is 1. The van der Waals surface area contributed by atoms with Gasteiger partial charge in [-0.2, -0.15) is 0 Å². The van der Waals surface area contributed by atoms with Gasteiger partial charge in [-0.25, -0.2) is 0 Å². The number of carbonyl (C=O) groups is 2. The molecule has 1 N–H and O–H groups in total. The van der Waals surface area contributed by atoms with E-state index in [1.54, 1.807) is 0 Å². The van der Waals surface area contributed by atoms with Gasteiger partial charge in [-0.15, -0.1) is 0 Å². The molecule has 90 valence electrons. The molecule has 1 unspecified atom stereocenters. The van der Waals surface area contributed by atoms with E-state index in [0.29, 0.717) is 12.5 Å². The Bertz CT molecular complexity index is 316. The van der Waals surface area contributed by atoms with Crippen LogP contribution >= 0.6 is 0 Å². The van der Waals surface area contributed by atoms with E-state index in [0.717, 1.165) is 19.5 Å². The zero-order valence-electron chi connectivity index (χ0n) is 9.72. The number of likely N-dealkylation sites (N-methyl/N-ethyl adjacent to an activating group) is 1. The molecule has 0 bridgehead atoms. The summed E-state index contributed by atoms with van der Waals surface area (Å²) in [7, 11) is 4.02. The molecule has 2 fully saturated rings. The number of hydrogen-bond acceptors (Lipinski definition) is 3. The third kappa shape index (κ3) is 2.04. The van der Waals surface area contributed by atoms with E-state index in [1.807, 2.05) is 19.0 Å². The Morgan fingerprint density at radius 1 is 1.31 bits per heavy atom. The molecular weight excluding hydrogens is 208 g/mol. The minimum Gasteiger partial charge on any atom is -0.481 e. The Hall–Kier alpha value is -1.10. The molecular formula is C11H18N2O3. The van der Waals surface area contributed by atoms with Crippen LogP contribution in [0.25, 0.3) is 0 Å². The highest BCUT2D eigenvalue weighted by Crippen LogP contribution is 2.40. The van der Waals surface area contributed by atoms with E-state index >= 15 is 0 Å². The second-order valence-corrected chi connectivity index (χ2v) is 4.98. The Kier molecular flexibility index (Phi) is 2.88.